The molecule has 5 nitrogen and oxygen atoms in total. The third kappa shape index (κ3) is 3.45. The molecule has 0 aromatic carbocycles. The van der Waals surface area contributed by atoms with Crippen molar-refractivity contribution in [2.45, 2.75) is 33.4 Å². The van der Waals surface area contributed by atoms with Crippen LogP contribution >= 0.6 is 11.3 Å². The summed E-state index contributed by atoms with van der Waals surface area (Å²) >= 11 is 1.75. The number of hydrogen-bond acceptors (Lipinski definition) is 5. The molecular weight excluding hydrogens is 284 g/mol. The molecule has 1 N–H and O–H groups in total. The Hall–Kier alpha value is -0.950. The first-order valence-electron chi connectivity index (χ1n) is 7.61. The minimum atomic E-state index is 0.466. The van der Waals surface area contributed by atoms with E-state index in [4.69, 9.17) is 4.74 Å². The molecule has 21 heavy (non-hydrogen) atoms. The second-order valence-corrected chi connectivity index (χ2v) is 7.05. The zero-order valence-electron chi connectivity index (χ0n) is 13.1. The number of morpholine rings is 1. The second-order valence-electron chi connectivity index (χ2n) is 5.83. The Morgan fingerprint density at radius 3 is 2.90 bits per heavy atom. The van der Waals surface area contributed by atoms with Gasteiger partial charge >= 0.3 is 0 Å². The lowest BCUT2D eigenvalue weighted by Gasteiger charge is -2.29. The van der Waals surface area contributed by atoms with Crippen LogP contribution in [-0.2, 0) is 11.3 Å². The Balaban J connectivity index is 1.59. The lowest BCUT2D eigenvalue weighted by atomic mass is 10.2. The number of ether oxygens (including phenoxy) is 1. The standard InChI is InChI=1S/C15H24N4OS/c1-11(9-18-4-6-20-7-5-18)16-8-14-13(3)17-15-19(14)10-12(2)21-15/h10-11,16H,4-9H2,1-3H3. The largest absolute Gasteiger partial charge is 0.379 e. The molecule has 1 unspecified atom stereocenters. The number of fused-ring (bicyclic) bond motifs is 1. The first-order chi connectivity index (χ1) is 10.1. The third-order valence-electron chi connectivity index (χ3n) is 3.99. The SMILES string of the molecule is Cc1cn2c(CNC(C)CN3CCOCC3)c(C)nc2s1. The first-order valence-corrected chi connectivity index (χ1v) is 8.42. The van der Waals surface area contributed by atoms with Gasteiger partial charge in [0, 0.05) is 43.3 Å². The van der Waals surface area contributed by atoms with Crippen LogP contribution in [0.3, 0.4) is 0 Å². The molecule has 6 heteroatoms. The van der Waals surface area contributed by atoms with Crippen molar-refractivity contribution in [1.82, 2.24) is 19.6 Å². The van der Waals surface area contributed by atoms with Gasteiger partial charge in [-0.15, -0.1) is 11.3 Å². The minimum absolute atomic E-state index is 0.466. The van der Waals surface area contributed by atoms with E-state index in [9.17, 15) is 0 Å². The highest BCUT2D eigenvalue weighted by molar-refractivity contribution is 7.17. The maximum atomic E-state index is 5.39. The number of nitrogens with one attached hydrogen (secondary N) is 1. The summed E-state index contributed by atoms with van der Waals surface area (Å²) in [7, 11) is 0. The lowest BCUT2D eigenvalue weighted by molar-refractivity contribution is 0.0343. The Labute approximate surface area is 129 Å². The van der Waals surface area contributed by atoms with Crippen molar-refractivity contribution in [3.05, 3.63) is 22.5 Å². The molecule has 1 fully saturated rings. The van der Waals surface area contributed by atoms with Gasteiger partial charge in [0.15, 0.2) is 4.96 Å². The number of imidazole rings is 1. The Kier molecular flexibility index (Phi) is 4.59. The molecule has 1 aliphatic heterocycles. The van der Waals surface area contributed by atoms with E-state index in [1.54, 1.807) is 11.3 Å². The topological polar surface area (TPSA) is 41.8 Å². The van der Waals surface area contributed by atoms with E-state index in [0.29, 0.717) is 6.04 Å². The summed E-state index contributed by atoms with van der Waals surface area (Å²) in [6, 6.07) is 0.466. The highest BCUT2D eigenvalue weighted by Crippen LogP contribution is 2.20. The molecule has 1 saturated heterocycles. The van der Waals surface area contributed by atoms with Gasteiger partial charge in [-0.2, -0.15) is 0 Å². The van der Waals surface area contributed by atoms with Crippen molar-refractivity contribution in [2.75, 3.05) is 32.8 Å². The van der Waals surface area contributed by atoms with Crippen LogP contribution in [0.5, 0.6) is 0 Å². The van der Waals surface area contributed by atoms with Crippen molar-refractivity contribution in [2.24, 2.45) is 0 Å². The van der Waals surface area contributed by atoms with E-state index in [2.05, 4.69) is 46.6 Å². The van der Waals surface area contributed by atoms with Crippen molar-refractivity contribution >= 4 is 16.3 Å². The summed E-state index contributed by atoms with van der Waals surface area (Å²) in [5.74, 6) is 0. The van der Waals surface area contributed by atoms with Crippen molar-refractivity contribution in [3.63, 3.8) is 0 Å². The van der Waals surface area contributed by atoms with E-state index >= 15 is 0 Å². The number of aryl methyl sites for hydroxylation is 2. The third-order valence-corrected chi connectivity index (χ3v) is 4.89. The fraction of sp³-hybridized carbons (Fsp3) is 0.667. The molecule has 0 aliphatic carbocycles. The predicted octanol–water partition coefficient (Wildman–Crippen LogP) is 1.82. The van der Waals surface area contributed by atoms with Crippen molar-refractivity contribution in [1.29, 1.82) is 0 Å². The van der Waals surface area contributed by atoms with E-state index < -0.39 is 0 Å². The maximum absolute atomic E-state index is 5.39. The number of nitrogens with zero attached hydrogens (tertiary/aromatic N) is 3. The quantitative estimate of drug-likeness (QED) is 0.915. The molecule has 0 spiro atoms. The molecule has 2 aromatic heterocycles. The average molecular weight is 308 g/mol. The summed E-state index contributed by atoms with van der Waals surface area (Å²) < 4.78 is 7.62. The van der Waals surface area contributed by atoms with Gasteiger partial charge in [-0.3, -0.25) is 9.30 Å². The Bertz CT molecular complexity index is 600. The Morgan fingerprint density at radius 2 is 2.14 bits per heavy atom. The Morgan fingerprint density at radius 1 is 1.38 bits per heavy atom. The van der Waals surface area contributed by atoms with E-state index in [1.807, 2.05) is 0 Å². The summed E-state index contributed by atoms with van der Waals surface area (Å²) in [5.41, 5.74) is 2.41. The van der Waals surface area contributed by atoms with Gasteiger partial charge < -0.3 is 10.1 Å². The highest BCUT2D eigenvalue weighted by Gasteiger charge is 2.15. The molecule has 0 amide bonds. The average Bonchev–Trinajstić information content (AvgIpc) is 2.93. The number of rotatable bonds is 5. The molecule has 0 radical (unpaired) electrons. The van der Waals surface area contributed by atoms with Crippen LogP contribution in [-0.4, -0.2) is 53.2 Å². The normalized spacial score (nSPS) is 18.4. The number of aromatic nitrogens is 2. The predicted molar refractivity (Wildman–Crippen MR) is 86.1 cm³/mol. The first kappa shape index (κ1) is 15.0. The summed E-state index contributed by atoms with van der Waals surface area (Å²) in [4.78, 5) is 9.51. The second kappa shape index (κ2) is 6.44. The number of thiazole rings is 1. The molecule has 0 bridgehead atoms. The van der Waals surface area contributed by atoms with Gasteiger partial charge in [0.1, 0.15) is 0 Å². The van der Waals surface area contributed by atoms with Crippen LogP contribution in [0.15, 0.2) is 6.20 Å². The van der Waals surface area contributed by atoms with Gasteiger partial charge in [-0.1, -0.05) is 0 Å². The molecule has 3 rings (SSSR count). The summed E-state index contributed by atoms with van der Waals surface area (Å²) in [5, 5.41) is 3.64. The van der Waals surface area contributed by atoms with Crippen LogP contribution in [0.4, 0.5) is 0 Å². The molecule has 1 atom stereocenters. The van der Waals surface area contributed by atoms with Crippen LogP contribution in [0, 0.1) is 13.8 Å². The van der Waals surface area contributed by atoms with Gasteiger partial charge in [-0.25, -0.2) is 4.98 Å². The number of hydrogen-bond donors (Lipinski definition) is 1. The fourth-order valence-corrected chi connectivity index (χ4v) is 3.72. The fourth-order valence-electron chi connectivity index (χ4n) is 2.83. The zero-order valence-corrected chi connectivity index (χ0v) is 13.9. The lowest BCUT2D eigenvalue weighted by Crippen LogP contribution is -2.44. The minimum Gasteiger partial charge on any atom is -0.379 e. The summed E-state index contributed by atoms with van der Waals surface area (Å²) in [6.45, 7) is 12.2. The van der Waals surface area contributed by atoms with E-state index in [-0.39, 0.29) is 0 Å². The monoisotopic (exact) mass is 308 g/mol. The molecular formula is C15H24N4OS. The van der Waals surface area contributed by atoms with Crippen LogP contribution < -0.4 is 5.32 Å². The summed E-state index contributed by atoms with van der Waals surface area (Å²) in [6.07, 6.45) is 2.18. The molecule has 116 valence electrons. The van der Waals surface area contributed by atoms with Crippen LogP contribution in [0.25, 0.3) is 4.96 Å². The molecule has 3 heterocycles. The molecule has 2 aromatic rings. The van der Waals surface area contributed by atoms with Gasteiger partial charge in [-0.05, 0) is 20.8 Å². The van der Waals surface area contributed by atoms with Crippen molar-refractivity contribution < 1.29 is 4.74 Å². The van der Waals surface area contributed by atoms with Gasteiger partial charge in [0.05, 0.1) is 24.6 Å². The zero-order chi connectivity index (χ0) is 14.8. The highest BCUT2D eigenvalue weighted by atomic mass is 32.1. The van der Waals surface area contributed by atoms with Crippen LogP contribution in [0.1, 0.15) is 23.2 Å². The van der Waals surface area contributed by atoms with E-state index in [1.165, 1.54) is 10.6 Å². The molecule has 0 saturated carbocycles. The van der Waals surface area contributed by atoms with Gasteiger partial charge in [0.25, 0.3) is 0 Å². The van der Waals surface area contributed by atoms with Gasteiger partial charge in [0.2, 0.25) is 0 Å². The van der Waals surface area contributed by atoms with E-state index in [0.717, 1.165) is 50.0 Å². The smallest absolute Gasteiger partial charge is 0.194 e. The van der Waals surface area contributed by atoms with Crippen molar-refractivity contribution in [3.8, 4) is 0 Å². The van der Waals surface area contributed by atoms with Crippen LogP contribution in [0.2, 0.25) is 0 Å². The molecule has 1 aliphatic rings. The maximum Gasteiger partial charge on any atom is 0.194 e.